The maximum atomic E-state index is 9.18. The average molecular weight is 189 g/mol. The van der Waals surface area contributed by atoms with E-state index in [0.717, 1.165) is 18.5 Å². The zero-order valence-electron chi connectivity index (χ0n) is 8.62. The molecule has 1 aromatic heterocycles. The van der Waals surface area contributed by atoms with Gasteiger partial charge in [0.25, 0.3) is 0 Å². The van der Waals surface area contributed by atoms with Gasteiger partial charge in [0.05, 0.1) is 17.5 Å². The zero-order chi connectivity index (χ0) is 10.2. The van der Waals surface area contributed by atoms with Crippen LogP contribution in [0.15, 0.2) is 18.3 Å². The predicted octanol–water partition coefficient (Wildman–Crippen LogP) is 1.92. The molecule has 1 aromatic rings. The second-order valence-electron chi connectivity index (χ2n) is 4.26. The van der Waals surface area contributed by atoms with E-state index in [0.29, 0.717) is 0 Å². The number of hydrogen-bond acceptors (Lipinski definition) is 2. The number of nitriles is 1. The summed E-state index contributed by atoms with van der Waals surface area (Å²) in [5, 5.41) is 9.18. The Morgan fingerprint density at radius 1 is 1.57 bits per heavy atom. The molecule has 0 aromatic carbocycles. The van der Waals surface area contributed by atoms with Crippen LogP contribution in [0.4, 0.5) is 0 Å². The highest BCUT2D eigenvalue weighted by molar-refractivity contribution is 5.24. The van der Waals surface area contributed by atoms with Crippen molar-refractivity contribution in [3.8, 4) is 6.07 Å². The average Bonchev–Trinajstić information content (AvgIpc) is 2.73. The second-order valence-corrected chi connectivity index (χ2v) is 4.26. The number of aromatic amines is 1. The van der Waals surface area contributed by atoms with E-state index in [1.807, 2.05) is 26.4 Å². The highest BCUT2D eigenvalue weighted by atomic mass is 15.1. The quantitative estimate of drug-likeness (QED) is 0.789. The van der Waals surface area contributed by atoms with Crippen LogP contribution in [0.1, 0.15) is 24.6 Å². The van der Waals surface area contributed by atoms with Crippen molar-refractivity contribution in [2.24, 2.45) is 5.41 Å². The summed E-state index contributed by atoms with van der Waals surface area (Å²) in [5.74, 6) is 0. The van der Waals surface area contributed by atoms with Crippen molar-refractivity contribution < 1.29 is 0 Å². The van der Waals surface area contributed by atoms with Gasteiger partial charge in [0.15, 0.2) is 0 Å². The van der Waals surface area contributed by atoms with Gasteiger partial charge < -0.3 is 4.98 Å². The Hall–Kier alpha value is -1.27. The summed E-state index contributed by atoms with van der Waals surface area (Å²) in [6.45, 7) is 0. The van der Waals surface area contributed by atoms with Gasteiger partial charge in [-0.2, -0.15) is 5.26 Å². The first-order chi connectivity index (χ1) is 6.69. The van der Waals surface area contributed by atoms with Crippen molar-refractivity contribution in [3.05, 3.63) is 24.0 Å². The third-order valence-corrected chi connectivity index (χ3v) is 2.97. The first-order valence-electron chi connectivity index (χ1n) is 4.90. The molecule has 1 aliphatic carbocycles. The van der Waals surface area contributed by atoms with E-state index >= 15 is 0 Å². The number of aromatic nitrogens is 1. The minimum Gasteiger partial charge on any atom is -0.364 e. The summed E-state index contributed by atoms with van der Waals surface area (Å²) in [4.78, 5) is 5.33. The van der Waals surface area contributed by atoms with Crippen molar-refractivity contribution in [3.63, 3.8) is 0 Å². The normalized spacial score (nSPS) is 20.4. The molecule has 0 radical (unpaired) electrons. The molecule has 74 valence electrons. The number of nitrogens with zero attached hydrogens (tertiary/aromatic N) is 2. The molecule has 1 heterocycles. The van der Waals surface area contributed by atoms with Crippen LogP contribution >= 0.6 is 0 Å². The Morgan fingerprint density at radius 2 is 2.29 bits per heavy atom. The molecule has 2 rings (SSSR count). The van der Waals surface area contributed by atoms with Crippen molar-refractivity contribution >= 4 is 0 Å². The third-order valence-electron chi connectivity index (χ3n) is 2.97. The van der Waals surface area contributed by atoms with Crippen LogP contribution in [0.3, 0.4) is 0 Å². The number of rotatable bonds is 3. The van der Waals surface area contributed by atoms with Crippen molar-refractivity contribution in [1.29, 1.82) is 5.26 Å². The van der Waals surface area contributed by atoms with Crippen LogP contribution in [-0.2, 0) is 0 Å². The molecule has 1 aliphatic rings. The van der Waals surface area contributed by atoms with Gasteiger partial charge in [-0.3, -0.25) is 4.90 Å². The molecule has 1 unspecified atom stereocenters. The summed E-state index contributed by atoms with van der Waals surface area (Å²) < 4.78 is 0. The molecule has 1 atom stereocenters. The molecule has 3 nitrogen and oxygen atoms in total. The molecule has 1 fully saturated rings. The molecule has 0 amide bonds. The third kappa shape index (κ3) is 1.32. The lowest BCUT2D eigenvalue weighted by Crippen LogP contribution is -2.28. The zero-order valence-corrected chi connectivity index (χ0v) is 8.62. The Balaban J connectivity index is 2.31. The molecule has 1 N–H and O–H groups in total. The topological polar surface area (TPSA) is 42.8 Å². The summed E-state index contributed by atoms with van der Waals surface area (Å²) in [7, 11) is 4.06. The van der Waals surface area contributed by atoms with Gasteiger partial charge in [-0.25, -0.2) is 0 Å². The highest BCUT2D eigenvalue weighted by Crippen LogP contribution is 2.55. The minimum absolute atomic E-state index is 0.144. The lowest BCUT2D eigenvalue weighted by Gasteiger charge is -2.27. The monoisotopic (exact) mass is 189 g/mol. The second kappa shape index (κ2) is 3.14. The van der Waals surface area contributed by atoms with Crippen LogP contribution in [0, 0.1) is 16.7 Å². The Kier molecular flexibility index (Phi) is 2.09. The SMILES string of the molecule is CN(C)C(c1ccc[nH]1)C1(C#N)CC1. The van der Waals surface area contributed by atoms with Crippen LogP contribution in [0.5, 0.6) is 0 Å². The minimum atomic E-state index is -0.144. The molecular formula is C11H15N3. The number of H-pyrrole nitrogens is 1. The Morgan fingerprint density at radius 3 is 2.64 bits per heavy atom. The fraction of sp³-hybridized carbons (Fsp3) is 0.545. The molecule has 0 bridgehead atoms. The van der Waals surface area contributed by atoms with Crippen LogP contribution in [0.25, 0.3) is 0 Å². The van der Waals surface area contributed by atoms with Crippen molar-refractivity contribution in [2.75, 3.05) is 14.1 Å². The molecule has 0 saturated heterocycles. The fourth-order valence-electron chi connectivity index (χ4n) is 2.17. The lowest BCUT2D eigenvalue weighted by atomic mass is 9.94. The standard InChI is InChI=1S/C11H15N3/c1-14(2)10(9-4-3-7-13-9)11(8-12)5-6-11/h3-4,7,10,13H,5-6H2,1-2H3. The molecule has 3 heteroatoms. The van der Waals surface area contributed by atoms with Gasteiger partial charge in [-0.1, -0.05) is 0 Å². The summed E-state index contributed by atoms with van der Waals surface area (Å²) in [5.41, 5.74) is 1.00. The summed E-state index contributed by atoms with van der Waals surface area (Å²) in [6, 6.07) is 6.71. The first kappa shape index (κ1) is 9.29. The van der Waals surface area contributed by atoms with Gasteiger partial charge in [0.2, 0.25) is 0 Å². The van der Waals surface area contributed by atoms with Gasteiger partial charge in [-0.05, 0) is 39.1 Å². The van der Waals surface area contributed by atoms with Gasteiger partial charge in [0.1, 0.15) is 0 Å². The molecule has 0 spiro atoms. The Labute approximate surface area is 84.3 Å². The highest BCUT2D eigenvalue weighted by Gasteiger charge is 2.52. The molecular weight excluding hydrogens is 174 g/mol. The van der Waals surface area contributed by atoms with Gasteiger partial charge in [0, 0.05) is 11.9 Å². The van der Waals surface area contributed by atoms with Gasteiger partial charge in [-0.15, -0.1) is 0 Å². The van der Waals surface area contributed by atoms with Crippen molar-refractivity contribution in [2.45, 2.75) is 18.9 Å². The maximum Gasteiger partial charge on any atom is 0.0785 e. The van der Waals surface area contributed by atoms with Gasteiger partial charge >= 0.3 is 0 Å². The molecule has 14 heavy (non-hydrogen) atoms. The van der Waals surface area contributed by atoms with E-state index in [1.54, 1.807) is 0 Å². The van der Waals surface area contributed by atoms with E-state index in [2.05, 4.69) is 22.0 Å². The van der Waals surface area contributed by atoms with Crippen LogP contribution < -0.4 is 0 Å². The van der Waals surface area contributed by atoms with E-state index in [4.69, 9.17) is 0 Å². The first-order valence-corrected chi connectivity index (χ1v) is 4.90. The van der Waals surface area contributed by atoms with Crippen LogP contribution in [0.2, 0.25) is 0 Å². The molecule has 0 aliphatic heterocycles. The summed E-state index contributed by atoms with van der Waals surface area (Å²) in [6.07, 6.45) is 3.95. The number of nitrogens with one attached hydrogen (secondary N) is 1. The van der Waals surface area contributed by atoms with Crippen LogP contribution in [-0.4, -0.2) is 24.0 Å². The van der Waals surface area contributed by atoms with E-state index in [-0.39, 0.29) is 11.5 Å². The van der Waals surface area contributed by atoms with E-state index < -0.39 is 0 Å². The Bertz CT molecular complexity index is 341. The smallest absolute Gasteiger partial charge is 0.0785 e. The summed E-state index contributed by atoms with van der Waals surface area (Å²) >= 11 is 0. The van der Waals surface area contributed by atoms with E-state index in [9.17, 15) is 5.26 Å². The van der Waals surface area contributed by atoms with E-state index in [1.165, 1.54) is 0 Å². The van der Waals surface area contributed by atoms with Crippen molar-refractivity contribution in [1.82, 2.24) is 9.88 Å². The molecule has 1 saturated carbocycles. The lowest BCUT2D eigenvalue weighted by molar-refractivity contribution is 0.227. The fourth-order valence-corrected chi connectivity index (χ4v) is 2.17. The maximum absolute atomic E-state index is 9.18. The largest absolute Gasteiger partial charge is 0.364 e. The predicted molar refractivity (Wildman–Crippen MR) is 54.5 cm³/mol. The number of hydrogen-bond donors (Lipinski definition) is 1.